The van der Waals surface area contributed by atoms with E-state index < -0.39 is 11.5 Å². The number of aromatic nitrogens is 1. The Kier molecular flexibility index (Phi) is 9.89. The van der Waals surface area contributed by atoms with Crippen LogP contribution in [-0.2, 0) is 23.1 Å². The fourth-order valence-electron chi connectivity index (χ4n) is 8.89. The van der Waals surface area contributed by atoms with Crippen LogP contribution in [0.15, 0.2) is 54.7 Å². The van der Waals surface area contributed by atoms with E-state index in [4.69, 9.17) is 16.3 Å². The molecule has 0 aliphatic heterocycles. The lowest BCUT2D eigenvalue weighted by Gasteiger charge is -2.47. The topological polar surface area (TPSA) is 94.9 Å². The number of ether oxygens (including phenoxy) is 1. The van der Waals surface area contributed by atoms with E-state index in [2.05, 4.69) is 47.2 Å². The molecule has 3 aliphatic carbocycles. The number of pyridine rings is 1. The van der Waals surface area contributed by atoms with Crippen molar-refractivity contribution < 1.29 is 19.7 Å². The van der Waals surface area contributed by atoms with Gasteiger partial charge in [0.2, 0.25) is 0 Å². The van der Waals surface area contributed by atoms with E-state index in [1.165, 1.54) is 35.2 Å². The number of nitrogens with one attached hydrogen (secondary N) is 1. The van der Waals surface area contributed by atoms with Crippen molar-refractivity contribution in [3.05, 3.63) is 87.7 Å². The first-order valence-corrected chi connectivity index (χ1v) is 17.7. The number of halogens is 1. The molecule has 0 amide bonds. The number of carbonyl (C=O) groups is 1. The van der Waals surface area contributed by atoms with Crippen molar-refractivity contribution in [2.45, 2.75) is 94.5 Å². The summed E-state index contributed by atoms with van der Waals surface area (Å²) in [5, 5.41) is 24.8. The van der Waals surface area contributed by atoms with Crippen molar-refractivity contribution in [2.75, 3.05) is 32.6 Å². The minimum atomic E-state index is -1.07. The van der Waals surface area contributed by atoms with Gasteiger partial charge >= 0.3 is 5.97 Å². The second-order valence-corrected chi connectivity index (χ2v) is 15.2. The second kappa shape index (κ2) is 13.8. The Labute approximate surface area is 284 Å². The first-order valence-electron chi connectivity index (χ1n) is 17.3. The number of aryl methyl sites for hydroxylation is 1. The van der Waals surface area contributed by atoms with Gasteiger partial charge in [0.05, 0.1) is 19.3 Å². The molecule has 0 bridgehead atoms. The molecule has 3 aliphatic rings. The van der Waals surface area contributed by atoms with Crippen molar-refractivity contribution >= 4 is 23.3 Å². The number of aliphatic hydroxyl groups is 1. The van der Waals surface area contributed by atoms with E-state index in [0.29, 0.717) is 42.2 Å². The Morgan fingerprint density at radius 1 is 1.15 bits per heavy atom. The van der Waals surface area contributed by atoms with Crippen molar-refractivity contribution in [3.8, 4) is 5.75 Å². The smallest absolute Gasteiger partial charge is 0.329 e. The lowest BCUT2D eigenvalue weighted by atomic mass is 9.59. The minimum Gasteiger partial charge on any atom is -0.493 e. The molecule has 1 spiro atoms. The highest BCUT2D eigenvalue weighted by Gasteiger charge is 2.54. The normalized spacial score (nSPS) is 26.4. The Hall–Kier alpha value is -3.13. The summed E-state index contributed by atoms with van der Waals surface area (Å²) < 4.78 is 6.56. The summed E-state index contributed by atoms with van der Waals surface area (Å²) in [5.41, 5.74) is 5.79. The summed E-state index contributed by atoms with van der Waals surface area (Å²) in [6.45, 7) is 5.25. The van der Waals surface area contributed by atoms with Crippen molar-refractivity contribution in [1.82, 2.24) is 9.88 Å². The quantitative estimate of drug-likeness (QED) is 0.193. The van der Waals surface area contributed by atoms with Gasteiger partial charge in [0.25, 0.3) is 0 Å². The van der Waals surface area contributed by atoms with E-state index in [-0.39, 0.29) is 18.1 Å². The standard InChI is InChI=1S/C39H50ClN3O4/c1-25(24-47-35-13-18-41-33-10-5-7-26(2)36(33)35)19-29-20-27-11-12-28(34(23-44)43(3)4)21-32(27)38(29)14-16-39(17-15-38,37(45)46)42-31-9-6-8-30(40)22-31/h6,8-9,11-13,18,21-22,25-26,29,34,42,44H,5,7,10,14-17,19-20,23-24H2,1-4H3,(H,45,46)/t25-,26-,29+,34?,38?,39?/m1/s1. The number of carboxylic acid groups (broad SMARTS) is 1. The monoisotopic (exact) mass is 659 g/mol. The molecule has 2 aromatic carbocycles. The van der Waals surface area contributed by atoms with Gasteiger partial charge in [-0.05, 0) is 136 Å². The molecular weight excluding hydrogens is 610 g/mol. The molecule has 252 valence electrons. The summed E-state index contributed by atoms with van der Waals surface area (Å²) in [7, 11) is 4.00. The largest absolute Gasteiger partial charge is 0.493 e. The third-order valence-electron chi connectivity index (χ3n) is 11.5. The van der Waals surface area contributed by atoms with Crippen LogP contribution < -0.4 is 10.1 Å². The summed E-state index contributed by atoms with van der Waals surface area (Å²) in [5.74, 6) is 1.30. The molecule has 1 fully saturated rings. The number of fused-ring (bicyclic) bond motifs is 3. The highest BCUT2D eigenvalue weighted by atomic mass is 35.5. The highest BCUT2D eigenvalue weighted by molar-refractivity contribution is 6.30. The third-order valence-corrected chi connectivity index (χ3v) is 11.7. The van der Waals surface area contributed by atoms with Gasteiger partial charge in [0, 0.05) is 28.2 Å². The zero-order valence-corrected chi connectivity index (χ0v) is 29.0. The van der Waals surface area contributed by atoms with E-state index in [0.717, 1.165) is 49.1 Å². The van der Waals surface area contributed by atoms with Crippen LogP contribution in [0.25, 0.3) is 0 Å². The van der Waals surface area contributed by atoms with Crippen LogP contribution in [0.1, 0.15) is 98.7 Å². The second-order valence-electron chi connectivity index (χ2n) is 14.8. The summed E-state index contributed by atoms with van der Waals surface area (Å²) in [6, 6.07) is 16.0. The molecule has 1 unspecified atom stereocenters. The molecule has 0 radical (unpaired) electrons. The van der Waals surface area contributed by atoms with E-state index in [1.54, 1.807) is 12.1 Å². The van der Waals surface area contributed by atoms with Gasteiger partial charge in [-0.15, -0.1) is 0 Å². The first-order chi connectivity index (χ1) is 22.5. The molecule has 1 saturated carbocycles. The summed E-state index contributed by atoms with van der Waals surface area (Å²) in [4.78, 5) is 19.6. The Morgan fingerprint density at radius 2 is 1.94 bits per heavy atom. The summed E-state index contributed by atoms with van der Waals surface area (Å²) in [6.07, 6.45) is 9.77. The molecule has 6 rings (SSSR count). The van der Waals surface area contributed by atoms with Gasteiger partial charge in [-0.25, -0.2) is 4.79 Å². The number of likely N-dealkylation sites (N-methyl/N-ethyl adjacent to an activating group) is 1. The molecule has 8 heteroatoms. The van der Waals surface area contributed by atoms with E-state index in [9.17, 15) is 15.0 Å². The minimum absolute atomic E-state index is 0.0413. The molecule has 3 N–H and O–H groups in total. The van der Waals surface area contributed by atoms with E-state index >= 15 is 0 Å². The van der Waals surface area contributed by atoms with E-state index in [1.807, 2.05) is 38.5 Å². The molecule has 7 nitrogen and oxygen atoms in total. The Balaban J connectivity index is 1.27. The van der Waals surface area contributed by atoms with Gasteiger partial charge in [-0.2, -0.15) is 0 Å². The number of aliphatic hydroxyl groups excluding tert-OH is 1. The predicted molar refractivity (Wildman–Crippen MR) is 188 cm³/mol. The molecular formula is C39H50ClN3O4. The molecule has 1 heterocycles. The number of hydrogen-bond donors (Lipinski definition) is 3. The van der Waals surface area contributed by atoms with Crippen LogP contribution in [0, 0.1) is 11.8 Å². The number of hydrogen-bond acceptors (Lipinski definition) is 6. The Bertz CT molecular complexity index is 1580. The number of carboxylic acids is 1. The number of benzene rings is 2. The fraction of sp³-hybridized carbons (Fsp3) is 0.538. The van der Waals surface area contributed by atoms with Crippen LogP contribution in [-0.4, -0.2) is 58.9 Å². The third kappa shape index (κ3) is 6.64. The van der Waals surface area contributed by atoms with Gasteiger partial charge in [-0.3, -0.25) is 4.98 Å². The van der Waals surface area contributed by atoms with Gasteiger partial charge in [0.1, 0.15) is 11.3 Å². The molecule has 0 saturated heterocycles. The lowest BCUT2D eigenvalue weighted by Crippen LogP contribution is -2.53. The van der Waals surface area contributed by atoms with Gasteiger partial charge in [-0.1, -0.05) is 49.7 Å². The summed E-state index contributed by atoms with van der Waals surface area (Å²) >= 11 is 6.27. The first kappa shape index (κ1) is 33.8. The van der Waals surface area contributed by atoms with Crippen LogP contribution >= 0.6 is 11.6 Å². The van der Waals surface area contributed by atoms with Crippen LogP contribution in [0.3, 0.4) is 0 Å². The zero-order chi connectivity index (χ0) is 33.3. The zero-order valence-electron chi connectivity index (χ0n) is 28.3. The molecule has 4 atom stereocenters. The van der Waals surface area contributed by atoms with Gasteiger partial charge in [0.15, 0.2) is 0 Å². The fourth-order valence-corrected chi connectivity index (χ4v) is 9.08. The highest BCUT2D eigenvalue weighted by Crippen LogP contribution is 2.56. The number of rotatable bonds is 11. The Morgan fingerprint density at radius 3 is 2.64 bits per heavy atom. The number of nitrogens with zero attached hydrogens (tertiary/aromatic N) is 2. The SMILES string of the molecule is C[C@@H](COc1ccnc2c1[C@H](C)CCC2)C[C@H]1Cc2ccc(C(CO)N(C)C)cc2C12CCC(Nc1cccc(Cl)c1)(C(=O)O)CC2. The lowest BCUT2D eigenvalue weighted by molar-refractivity contribution is -0.144. The predicted octanol–water partition coefficient (Wildman–Crippen LogP) is 7.79. The number of anilines is 1. The molecule has 3 aromatic rings. The molecule has 1 aromatic heterocycles. The maximum atomic E-state index is 12.9. The average Bonchev–Trinajstić information content (AvgIpc) is 3.33. The van der Waals surface area contributed by atoms with Crippen LogP contribution in [0.4, 0.5) is 5.69 Å². The maximum absolute atomic E-state index is 12.9. The average molecular weight is 660 g/mol. The van der Waals surface area contributed by atoms with Crippen molar-refractivity contribution in [2.24, 2.45) is 11.8 Å². The van der Waals surface area contributed by atoms with Crippen LogP contribution in [0.5, 0.6) is 5.75 Å². The maximum Gasteiger partial charge on any atom is 0.329 e. The number of aliphatic carboxylic acids is 1. The van der Waals surface area contributed by atoms with Crippen LogP contribution in [0.2, 0.25) is 5.02 Å². The van der Waals surface area contributed by atoms with Crippen molar-refractivity contribution in [3.63, 3.8) is 0 Å². The van der Waals surface area contributed by atoms with Crippen molar-refractivity contribution in [1.29, 1.82) is 0 Å². The van der Waals surface area contributed by atoms with Gasteiger partial charge < -0.3 is 25.2 Å². The molecule has 47 heavy (non-hydrogen) atoms.